The molecule has 1 heterocycles. The summed E-state index contributed by atoms with van der Waals surface area (Å²) in [5.74, 6) is 0. The van der Waals surface area contributed by atoms with Gasteiger partial charge < -0.3 is 4.43 Å². The summed E-state index contributed by atoms with van der Waals surface area (Å²) in [5.41, 5.74) is 0.667. The fourth-order valence-corrected chi connectivity index (χ4v) is 5.98. The minimum Gasteiger partial charge on any atom is -0.415 e. The van der Waals surface area contributed by atoms with Crippen molar-refractivity contribution in [1.82, 2.24) is 4.90 Å². The Hall–Kier alpha value is 0.137. The molecule has 2 nitrogen and oxygen atoms in total. The molecule has 0 N–H and O–H groups in total. The molecule has 0 spiro atoms. The third-order valence-electron chi connectivity index (χ3n) is 7.39. The SMILES string of the molecule is CCC1(CC)CCCC(CC)(CO[Si](C)(C)C(C)(C)C)N1C(C)(C)C. The molecule has 1 saturated heterocycles. The summed E-state index contributed by atoms with van der Waals surface area (Å²) in [7, 11) is -1.73. The summed E-state index contributed by atoms with van der Waals surface area (Å²) in [6.45, 7) is 27.1. The van der Waals surface area contributed by atoms with Crippen LogP contribution >= 0.6 is 0 Å². The van der Waals surface area contributed by atoms with Gasteiger partial charge in [-0.3, -0.25) is 4.90 Å². The molecule has 0 aromatic heterocycles. The van der Waals surface area contributed by atoms with E-state index < -0.39 is 8.32 Å². The van der Waals surface area contributed by atoms with E-state index in [1.807, 2.05) is 0 Å². The first-order valence-electron chi connectivity index (χ1n) is 10.7. The highest BCUT2D eigenvalue weighted by atomic mass is 28.4. The van der Waals surface area contributed by atoms with Gasteiger partial charge in [-0.1, -0.05) is 41.5 Å². The summed E-state index contributed by atoms with van der Waals surface area (Å²) < 4.78 is 6.83. The number of likely N-dealkylation sites (tertiary alicyclic amines) is 1. The van der Waals surface area contributed by atoms with Gasteiger partial charge in [0.2, 0.25) is 0 Å². The van der Waals surface area contributed by atoms with E-state index >= 15 is 0 Å². The minimum absolute atomic E-state index is 0.166. The fraction of sp³-hybridized carbons (Fsp3) is 1.00. The Balaban J connectivity index is 3.28. The normalized spacial score (nSPS) is 26.0. The molecule has 0 aliphatic carbocycles. The Morgan fingerprint density at radius 3 is 1.64 bits per heavy atom. The van der Waals surface area contributed by atoms with E-state index in [9.17, 15) is 0 Å². The Bertz CT molecular complexity index is 428. The second kappa shape index (κ2) is 7.64. The van der Waals surface area contributed by atoms with Crippen molar-refractivity contribution in [2.75, 3.05) is 6.61 Å². The number of piperidine rings is 1. The summed E-state index contributed by atoms with van der Waals surface area (Å²) in [6.07, 6.45) is 7.60. The predicted molar refractivity (Wildman–Crippen MR) is 115 cm³/mol. The van der Waals surface area contributed by atoms with Gasteiger partial charge in [-0.15, -0.1) is 0 Å². The zero-order valence-corrected chi connectivity index (χ0v) is 20.3. The third-order valence-corrected chi connectivity index (χ3v) is 11.9. The summed E-state index contributed by atoms with van der Waals surface area (Å²) in [4.78, 5) is 2.91. The van der Waals surface area contributed by atoms with E-state index in [0.717, 1.165) is 6.61 Å². The highest BCUT2D eigenvalue weighted by Gasteiger charge is 2.54. The number of rotatable bonds is 6. The van der Waals surface area contributed by atoms with Crippen LogP contribution in [0.15, 0.2) is 0 Å². The Kier molecular flexibility index (Phi) is 7.08. The molecule has 3 heteroatoms. The van der Waals surface area contributed by atoms with Gasteiger partial charge in [0.15, 0.2) is 8.32 Å². The van der Waals surface area contributed by atoms with Gasteiger partial charge in [0.1, 0.15) is 0 Å². The standard InChI is InChI=1S/C22H47NOSi/c1-12-21(13-2)16-15-17-22(14-3,23(21)19(4,5)6)18-24-25(10,11)20(7,8)9/h12-18H2,1-11H3. The van der Waals surface area contributed by atoms with E-state index in [1.54, 1.807) is 0 Å². The van der Waals surface area contributed by atoms with Crippen LogP contribution in [-0.4, -0.2) is 36.4 Å². The van der Waals surface area contributed by atoms with E-state index in [1.165, 1.54) is 38.5 Å². The van der Waals surface area contributed by atoms with Crippen LogP contribution in [0.3, 0.4) is 0 Å². The maximum Gasteiger partial charge on any atom is 0.192 e. The first kappa shape index (κ1) is 23.2. The summed E-state index contributed by atoms with van der Waals surface area (Å²) >= 11 is 0. The van der Waals surface area contributed by atoms with Gasteiger partial charge in [-0.25, -0.2) is 0 Å². The van der Waals surface area contributed by atoms with E-state index in [2.05, 4.69) is 80.3 Å². The molecule has 1 aliphatic heterocycles. The van der Waals surface area contributed by atoms with Crippen molar-refractivity contribution in [3.63, 3.8) is 0 Å². The summed E-state index contributed by atoms with van der Waals surface area (Å²) in [6, 6.07) is 0. The zero-order chi connectivity index (χ0) is 19.7. The predicted octanol–water partition coefficient (Wildman–Crippen LogP) is 7.00. The van der Waals surface area contributed by atoms with Crippen molar-refractivity contribution in [2.45, 2.75) is 136 Å². The smallest absolute Gasteiger partial charge is 0.192 e. The van der Waals surface area contributed by atoms with Crippen molar-refractivity contribution in [3.05, 3.63) is 0 Å². The maximum atomic E-state index is 6.83. The van der Waals surface area contributed by atoms with Crippen molar-refractivity contribution in [1.29, 1.82) is 0 Å². The van der Waals surface area contributed by atoms with Crippen LogP contribution in [0.2, 0.25) is 18.1 Å². The highest BCUT2D eigenvalue weighted by molar-refractivity contribution is 6.74. The molecule has 1 atom stereocenters. The van der Waals surface area contributed by atoms with Crippen molar-refractivity contribution in [2.24, 2.45) is 0 Å². The van der Waals surface area contributed by atoms with Gasteiger partial charge in [-0.2, -0.15) is 0 Å². The third kappa shape index (κ3) is 4.52. The van der Waals surface area contributed by atoms with Crippen LogP contribution in [-0.2, 0) is 4.43 Å². The molecule has 0 bridgehead atoms. The molecular formula is C22H47NOSi. The molecule has 0 aromatic carbocycles. The van der Waals surface area contributed by atoms with E-state index in [-0.39, 0.29) is 16.1 Å². The van der Waals surface area contributed by atoms with Crippen molar-refractivity contribution >= 4 is 8.32 Å². The van der Waals surface area contributed by atoms with Gasteiger partial charge in [0, 0.05) is 16.6 Å². The quantitative estimate of drug-likeness (QED) is 0.467. The largest absolute Gasteiger partial charge is 0.415 e. The molecule has 0 aromatic rings. The molecular weight excluding hydrogens is 322 g/mol. The van der Waals surface area contributed by atoms with Crippen LogP contribution in [0.5, 0.6) is 0 Å². The van der Waals surface area contributed by atoms with Crippen LogP contribution in [0, 0.1) is 0 Å². The number of hydrogen-bond donors (Lipinski definition) is 0. The van der Waals surface area contributed by atoms with E-state index in [0.29, 0.717) is 5.54 Å². The van der Waals surface area contributed by atoms with Crippen LogP contribution in [0.1, 0.15) is 101 Å². The van der Waals surface area contributed by atoms with Gasteiger partial charge in [0.05, 0.1) is 6.61 Å². The van der Waals surface area contributed by atoms with Crippen LogP contribution in [0.25, 0.3) is 0 Å². The molecule has 1 unspecified atom stereocenters. The first-order valence-corrected chi connectivity index (χ1v) is 13.6. The summed E-state index contributed by atoms with van der Waals surface area (Å²) in [5, 5.41) is 0.274. The van der Waals surface area contributed by atoms with Gasteiger partial charge >= 0.3 is 0 Å². The van der Waals surface area contributed by atoms with Crippen molar-refractivity contribution in [3.8, 4) is 0 Å². The lowest BCUT2D eigenvalue weighted by molar-refractivity contribution is -0.142. The monoisotopic (exact) mass is 369 g/mol. The Labute approximate surface area is 160 Å². The lowest BCUT2D eigenvalue weighted by Crippen LogP contribution is -2.71. The highest BCUT2D eigenvalue weighted by Crippen LogP contribution is 2.49. The number of hydrogen-bond acceptors (Lipinski definition) is 2. The lowest BCUT2D eigenvalue weighted by atomic mass is 9.70. The molecule has 1 aliphatic rings. The molecule has 0 amide bonds. The van der Waals surface area contributed by atoms with Crippen LogP contribution in [0.4, 0.5) is 0 Å². The average Bonchev–Trinajstić information content (AvgIpc) is 2.50. The molecule has 150 valence electrons. The molecule has 25 heavy (non-hydrogen) atoms. The molecule has 1 fully saturated rings. The molecule has 1 rings (SSSR count). The Morgan fingerprint density at radius 2 is 1.28 bits per heavy atom. The fourth-order valence-electron chi connectivity index (χ4n) is 4.92. The van der Waals surface area contributed by atoms with Gasteiger partial charge in [0.25, 0.3) is 0 Å². The van der Waals surface area contributed by atoms with Crippen LogP contribution < -0.4 is 0 Å². The second-order valence-electron chi connectivity index (χ2n) is 10.9. The topological polar surface area (TPSA) is 12.5 Å². The second-order valence-corrected chi connectivity index (χ2v) is 15.7. The lowest BCUT2D eigenvalue weighted by Gasteiger charge is -2.63. The maximum absolute atomic E-state index is 6.83. The first-order chi connectivity index (χ1) is 11.2. The Morgan fingerprint density at radius 1 is 0.840 bits per heavy atom. The molecule has 0 radical (unpaired) electrons. The minimum atomic E-state index is -1.73. The zero-order valence-electron chi connectivity index (χ0n) is 19.3. The van der Waals surface area contributed by atoms with Gasteiger partial charge in [-0.05, 0) is 77.4 Å². The van der Waals surface area contributed by atoms with Crippen molar-refractivity contribution < 1.29 is 4.43 Å². The average molecular weight is 370 g/mol. The molecule has 0 saturated carbocycles. The van der Waals surface area contributed by atoms with E-state index in [4.69, 9.17) is 4.43 Å². The number of nitrogens with zero attached hydrogens (tertiary/aromatic N) is 1.